The van der Waals surface area contributed by atoms with Gasteiger partial charge in [0.15, 0.2) is 0 Å². The second-order valence-electron chi connectivity index (χ2n) is 4.83. The highest BCUT2D eigenvalue weighted by Gasteiger charge is 2.15. The Morgan fingerprint density at radius 2 is 1.61 bits per heavy atom. The van der Waals surface area contributed by atoms with Crippen molar-refractivity contribution in [2.75, 3.05) is 0 Å². The second-order valence-corrected chi connectivity index (χ2v) is 4.83. The zero-order chi connectivity index (χ0) is 12.1. The molecule has 0 amide bonds. The van der Waals surface area contributed by atoms with E-state index in [1.54, 1.807) is 0 Å². The number of aliphatic hydroxyl groups is 1. The van der Waals surface area contributed by atoms with Crippen LogP contribution in [-0.4, -0.2) is 5.11 Å². The Bertz CT molecular complexity index is 812. The van der Waals surface area contributed by atoms with Gasteiger partial charge in [-0.05, 0) is 38.7 Å². The molecule has 0 saturated heterocycles. The van der Waals surface area contributed by atoms with Crippen LogP contribution in [0.25, 0.3) is 27.6 Å². The first-order valence-electron chi connectivity index (χ1n) is 6.16. The molecule has 0 unspecified atom stereocenters. The number of rotatable bonds is 0. The molecule has 1 aliphatic rings. The van der Waals surface area contributed by atoms with Crippen molar-refractivity contribution in [1.29, 1.82) is 0 Å². The van der Waals surface area contributed by atoms with Crippen LogP contribution in [0.3, 0.4) is 0 Å². The van der Waals surface area contributed by atoms with Crippen LogP contribution in [0.2, 0.25) is 0 Å². The van der Waals surface area contributed by atoms with Crippen molar-refractivity contribution in [2.24, 2.45) is 0 Å². The summed E-state index contributed by atoms with van der Waals surface area (Å²) in [6, 6.07) is 17.0. The Hall–Kier alpha value is -2.28. The minimum Gasteiger partial charge on any atom is -0.512 e. The average Bonchev–Trinajstić information content (AvgIpc) is 2.79. The van der Waals surface area contributed by atoms with Crippen LogP contribution in [0.15, 0.2) is 54.3 Å². The number of aliphatic hydroxyl groups excluding tert-OH is 1. The molecule has 0 heterocycles. The van der Waals surface area contributed by atoms with E-state index in [1.807, 2.05) is 6.08 Å². The highest BCUT2D eigenvalue weighted by Crippen LogP contribution is 2.34. The third kappa shape index (κ3) is 1.22. The van der Waals surface area contributed by atoms with E-state index in [4.69, 9.17) is 0 Å². The molecule has 0 fully saturated rings. The smallest absolute Gasteiger partial charge is 0.0972 e. The summed E-state index contributed by atoms with van der Waals surface area (Å²) in [6.45, 7) is 0. The van der Waals surface area contributed by atoms with E-state index in [9.17, 15) is 5.11 Å². The van der Waals surface area contributed by atoms with Crippen LogP contribution < -0.4 is 0 Å². The normalized spacial score (nSPS) is 13.9. The van der Waals surface area contributed by atoms with Gasteiger partial charge in [0.05, 0.1) is 5.76 Å². The Morgan fingerprint density at radius 3 is 2.56 bits per heavy atom. The summed E-state index contributed by atoms with van der Waals surface area (Å²) >= 11 is 0. The number of benzene rings is 3. The van der Waals surface area contributed by atoms with Gasteiger partial charge in [-0.25, -0.2) is 0 Å². The molecule has 1 heteroatoms. The maximum atomic E-state index is 9.68. The van der Waals surface area contributed by atoms with Gasteiger partial charge in [-0.1, -0.05) is 48.5 Å². The Labute approximate surface area is 105 Å². The fraction of sp³-hybridized carbons (Fsp3) is 0.0588. The first-order chi connectivity index (χ1) is 8.83. The monoisotopic (exact) mass is 232 g/mol. The van der Waals surface area contributed by atoms with Gasteiger partial charge in [-0.2, -0.15) is 0 Å². The Balaban J connectivity index is 2.20. The second kappa shape index (κ2) is 3.36. The molecular formula is C17H12O. The summed E-state index contributed by atoms with van der Waals surface area (Å²) < 4.78 is 0. The van der Waals surface area contributed by atoms with Crippen LogP contribution in [0, 0.1) is 0 Å². The molecule has 0 radical (unpaired) electrons. The van der Waals surface area contributed by atoms with E-state index < -0.39 is 0 Å². The molecular weight excluding hydrogens is 220 g/mol. The lowest BCUT2D eigenvalue weighted by Crippen LogP contribution is -1.86. The fourth-order valence-corrected chi connectivity index (χ4v) is 2.89. The lowest BCUT2D eigenvalue weighted by molar-refractivity contribution is 0.408. The third-order valence-electron chi connectivity index (χ3n) is 3.74. The van der Waals surface area contributed by atoms with Crippen LogP contribution in [0.4, 0.5) is 0 Å². The Morgan fingerprint density at radius 1 is 0.778 bits per heavy atom. The maximum absolute atomic E-state index is 9.68. The molecule has 0 bridgehead atoms. The lowest BCUT2D eigenvalue weighted by atomic mass is 9.96. The molecule has 0 aliphatic heterocycles. The fourth-order valence-electron chi connectivity index (χ4n) is 2.89. The topological polar surface area (TPSA) is 20.2 Å². The van der Waals surface area contributed by atoms with E-state index in [1.165, 1.54) is 32.7 Å². The number of hydrogen-bond acceptors (Lipinski definition) is 1. The van der Waals surface area contributed by atoms with E-state index >= 15 is 0 Å². The average molecular weight is 232 g/mol. The SMILES string of the molecule is OC1=Cc2c(ccc3c2ccc2ccccc23)C1. The summed E-state index contributed by atoms with van der Waals surface area (Å²) in [4.78, 5) is 0. The summed E-state index contributed by atoms with van der Waals surface area (Å²) in [7, 11) is 0. The minimum absolute atomic E-state index is 0.464. The zero-order valence-corrected chi connectivity index (χ0v) is 9.85. The quantitative estimate of drug-likeness (QED) is 0.568. The molecule has 3 aromatic rings. The molecule has 1 nitrogen and oxygen atoms in total. The highest BCUT2D eigenvalue weighted by molar-refractivity contribution is 6.10. The lowest BCUT2D eigenvalue weighted by Gasteiger charge is -2.07. The largest absolute Gasteiger partial charge is 0.512 e. The van der Waals surface area contributed by atoms with Crippen molar-refractivity contribution in [1.82, 2.24) is 0 Å². The van der Waals surface area contributed by atoms with Crippen LogP contribution >= 0.6 is 0 Å². The molecule has 0 saturated carbocycles. The molecule has 3 aromatic carbocycles. The van der Waals surface area contributed by atoms with Crippen LogP contribution in [-0.2, 0) is 6.42 Å². The van der Waals surface area contributed by atoms with Crippen molar-refractivity contribution in [3.63, 3.8) is 0 Å². The zero-order valence-electron chi connectivity index (χ0n) is 9.85. The van der Waals surface area contributed by atoms with Crippen LogP contribution in [0.1, 0.15) is 11.1 Å². The van der Waals surface area contributed by atoms with Crippen molar-refractivity contribution in [3.8, 4) is 0 Å². The third-order valence-corrected chi connectivity index (χ3v) is 3.74. The van der Waals surface area contributed by atoms with E-state index in [2.05, 4.69) is 48.5 Å². The highest BCUT2D eigenvalue weighted by atomic mass is 16.3. The summed E-state index contributed by atoms with van der Waals surface area (Å²) in [6.07, 6.45) is 2.56. The predicted octanol–water partition coefficient (Wildman–Crippen LogP) is 4.45. The molecule has 1 N–H and O–H groups in total. The molecule has 4 rings (SSSR count). The summed E-state index contributed by atoms with van der Waals surface area (Å²) in [5.74, 6) is 0.464. The first kappa shape index (κ1) is 9.72. The van der Waals surface area contributed by atoms with Crippen molar-refractivity contribution >= 4 is 27.6 Å². The maximum Gasteiger partial charge on any atom is 0.0972 e. The van der Waals surface area contributed by atoms with Gasteiger partial charge in [0.1, 0.15) is 0 Å². The van der Waals surface area contributed by atoms with Gasteiger partial charge in [-0.15, -0.1) is 0 Å². The van der Waals surface area contributed by atoms with E-state index in [0.717, 1.165) is 0 Å². The Kier molecular flexibility index (Phi) is 1.81. The molecule has 0 spiro atoms. The van der Waals surface area contributed by atoms with E-state index in [-0.39, 0.29) is 0 Å². The molecule has 0 aromatic heterocycles. The molecule has 86 valence electrons. The van der Waals surface area contributed by atoms with Gasteiger partial charge in [-0.3, -0.25) is 0 Å². The number of hydrogen-bond donors (Lipinski definition) is 1. The van der Waals surface area contributed by atoms with Gasteiger partial charge in [0.25, 0.3) is 0 Å². The van der Waals surface area contributed by atoms with Crippen molar-refractivity contribution in [2.45, 2.75) is 6.42 Å². The van der Waals surface area contributed by atoms with Crippen molar-refractivity contribution < 1.29 is 5.11 Å². The van der Waals surface area contributed by atoms with Gasteiger partial charge in [0.2, 0.25) is 0 Å². The molecule has 18 heavy (non-hydrogen) atoms. The molecule has 1 aliphatic carbocycles. The van der Waals surface area contributed by atoms with Gasteiger partial charge < -0.3 is 5.11 Å². The van der Waals surface area contributed by atoms with Gasteiger partial charge >= 0.3 is 0 Å². The van der Waals surface area contributed by atoms with Gasteiger partial charge in [0, 0.05) is 6.42 Å². The van der Waals surface area contributed by atoms with Crippen LogP contribution in [0.5, 0.6) is 0 Å². The predicted molar refractivity (Wildman–Crippen MR) is 75.8 cm³/mol. The summed E-state index contributed by atoms with van der Waals surface area (Å²) in [5, 5.41) is 14.7. The first-order valence-corrected chi connectivity index (χ1v) is 6.16. The minimum atomic E-state index is 0.464. The van der Waals surface area contributed by atoms with Crippen molar-refractivity contribution in [3.05, 3.63) is 65.4 Å². The standard InChI is InChI=1S/C17H12O/c18-13-9-12-6-8-15-14-4-2-1-3-11(14)5-7-16(15)17(12)10-13/h1-8,10,18H,9H2. The molecule has 0 atom stereocenters. The summed E-state index contributed by atoms with van der Waals surface area (Å²) in [5.41, 5.74) is 2.39. The van der Waals surface area contributed by atoms with E-state index in [0.29, 0.717) is 12.2 Å². The number of fused-ring (bicyclic) bond motifs is 5. The number of allylic oxidation sites excluding steroid dienone is 1.